The second-order valence-electron chi connectivity index (χ2n) is 7.60. The van der Waals surface area contributed by atoms with E-state index in [-0.39, 0.29) is 0 Å². The summed E-state index contributed by atoms with van der Waals surface area (Å²) in [6.45, 7) is 0. The summed E-state index contributed by atoms with van der Waals surface area (Å²) in [7, 11) is 3.29. The number of benzene rings is 3. The van der Waals surface area contributed by atoms with Crippen LogP contribution in [0.15, 0.2) is 88.5 Å². The fraction of sp³-hybridized carbons (Fsp3) is 0.154. The first-order valence-corrected chi connectivity index (χ1v) is 11.9. The topological polar surface area (TPSA) is 88.1 Å². The second kappa shape index (κ2) is 10.4. The number of rotatable bonds is 9. The third kappa shape index (κ3) is 5.04. The van der Waals surface area contributed by atoms with Crippen molar-refractivity contribution in [3.63, 3.8) is 0 Å². The fourth-order valence-corrected chi connectivity index (χ4v) is 4.45. The van der Waals surface area contributed by atoms with E-state index in [4.69, 9.17) is 14.0 Å². The Morgan fingerprint density at radius 1 is 0.857 bits per heavy atom. The smallest absolute Gasteiger partial charge is 0.237 e. The van der Waals surface area contributed by atoms with Gasteiger partial charge in [0, 0.05) is 6.42 Å². The quantitative estimate of drug-likeness (QED) is 0.263. The normalized spacial score (nSPS) is 10.9. The Morgan fingerprint density at radius 2 is 1.63 bits per heavy atom. The minimum absolute atomic E-state index is 0.460. The third-order valence-corrected chi connectivity index (χ3v) is 6.27. The van der Waals surface area contributed by atoms with Crippen LogP contribution in [0.1, 0.15) is 17.3 Å². The predicted octanol–water partition coefficient (Wildman–Crippen LogP) is 5.22. The molecular weight excluding hydrogens is 462 g/mol. The van der Waals surface area contributed by atoms with Gasteiger partial charge in [-0.15, -0.1) is 10.2 Å². The Balaban J connectivity index is 1.43. The van der Waals surface area contributed by atoms with Crippen LogP contribution in [0.4, 0.5) is 0 Å². The van der Waals surface area contributed by atoms with E-state index in [0.29, 0.717) is 40.6 Å². The summed E-state index contributed by atoms with van der Waals surface area (Å²) >= 11 is 1.47. The van der Waals surface area contributed by atoms with E-state index in [1.165, 1.54) is 11.8 Å². The fourth-order valence-electron chi connectivity index (χ4n) is 3.66. The van der Waals surface area contributed by atoms with E-state index in [2.05, 4.69) is 20.3 Å². The molecule has 0 aliphatic carbocycles. The molecule has 0 saturated heterocycles. The van der Waals surface area contributed by atoms with Crippen LogP contribution in [-0.4, -0.2) is 39.1 Å². The van der Waals surface area contributed by atoms with Crippen molar-refractivity contribution in [3.05, 3.63) is 96.1 Å². The van der Waals surface area contributed by atoms with Crippen molar-refractivity contribution in [1.82, 2.24) is 24.9 Å². The van der Waals surface area contributed by atoms with Gasteiger partial charge in [0.2, 0.25) is 5.89 Å². The lowest BCUT2D eigenvalue weighted by atomic mass is 10.1. The van der Waals surface area contributed by atoms with Gasteiger partial charge in [0.25, 0.3) is 0 Å². The van der Waals surface area contributed by atoms with Gasteiger partial charge in [0.1, 0.15) is 11.5 Å². The first kappa shape index (κ1) is 22.7. The van der Waals surface area contributed by atoms with E-state index in [1.807, 2.05) is 83.4 Å². The Bertz CT molecular complexity index is 1400. The van der Waals surface area contributed by atoms with Gasteiger partial charge in [0.05, 0.1) is 31.2 Å². The van der Waals surface area contributed by atoms with Crippen LogP contribution in [0.2, 0.25) is 0 Å². The van der Waals surface area contributed by atoms with Gasteiger partial charge in [-0.1, -0.05) is 59.4 Å². The molecule has 3 aromatic carbocycles. The maximum absolute atomic E-state index is 5.58. The second-order valence-corrected chi connectivity index (χ2v) is 8.54. The van der Waals surface area contributed by atoms with Gasteiger partial charge >= 0.3 is 0 Å². The number of aromatic nitrogens is 5. The summed E-state index contributed by atoms with van der Waals surface area (Å²) < 4.78 is 18.4. The summed E-state index contributed by atoms with van der Waals surface area (Å²) in [5, 5.41) is 13.8. The van der Waals surface area contributed by atoms with Crippen LogP contribution in [0.3, 0.4) is 0 Å². The lowest BCUT2D eigenvalue weighted by molar-refractivity contribution is 0.385. The molecule has 0 fully saturated rings. The van der Waals surface area contributed by atoms with Crippen LogP contribution in [0, 0.1) is 0 Å². The first-order valence-electron chi connectivity index (χ1n) is 11.0. The predicted molar refractivity (Wildman–Crippen MR) is 133 cm³/mol. The third-order valence-electron chi connectivity index (χ3n) is 5.35. The lowest BCUT2D eigenvalue weighted by Crippen LogP contribution is -2.01. The summed E-state index contributed by atoms with van der Waals surface area (Å²) in [5.41, 5.74) is 2.87. The molecule has 176 valence electrons. The summed E-state index contributed by atoms with van der Waals surface area (Å²) in [6, 6.07) is 25.6. The molecule has 0 atom stereocenters. The molecule has 5 aromatic rings. The zero-order chi connectivity index (χ0) is 24.0. The van der Waals surface area contributed by atoms with Crippen molar-refractivity contribution in [2.75, 3.05) is 14.2 Å². The van der Waals surface area contributed by atoms with Crippen molar-refractivity contribution < 1.29 is 14.0 Å². The van der Waals surface area contributed by atoms with Crippen molar-refractivity contribution in [1.29, 1.82) is 0 Å². The lowest BCUT2D eigenvalue weighted by Gasteiger charge is -2.12. The van der Waals surface area contributed by atoms with E-state index in [9.17, 15) is 0 Å². The average molecular weight is 486 g/mol. The number of ether oxygens (including phenoxy) is 2. The van der Waals surface area contributed by atoms with Crippen molar-refractivity contribution in [2.24, 2.45) is 0 Å². The van der Waals surface area contributed by atoms with Crippen molar-refractivity contribution >= 4 is 11.8 Å². The van der Waals surface area contributed by atoms with E-state index < -0.39 is 0 Å². The van der Waals surface area contributed by atoms with Gasteiger partial charge in [-0.2, -0.15) is 4.98 Å². The average Bonchev–Trinajstić information content (AvgIpc) is 3.55. The minimum atomic E-state index is 0.460. The Kier molecular flexibility index (Phi) is 6.76. The molecule has 0 amide bonds. The number of nitrogens with zero attached hydrogens (tertiary/aromatic N) is 5. The SMILES string of the molecule is COc1ccc(-n2c(SCc3nc(Cc4ccccc4)no3)nnc2-c2ccccc2OC)cc1. The number of thioether (sulfide) groups is 1. The number of hydrogen-bond donors (Lipinski definition) is 0. The highest BCUT2D eigenvalue weighted by Crippen LogP contribution is 2.34. The molecule has 0 N–H and O–H groups in total. The highest BCUT2D eigenvalue weighted by atomic mass is 32.2. The zero-order valence-electron chi connectivity index (χ0n) is 19.3. The molecule has 9 heteroatoms. The van der Waals surface area contributed by atoms with Gasteiger partial charge < -0.3 is 14.0 Å². The van der Waals surface area contributed by atoms with Crippen molar-refractivity contribution in [3.8, 4) is 28.6 Å². The van der Waals surface area contributed by atoms with Crippen LogP contribution >= 0.6 is 11.8 Å². The molecule has 35 heavy (non-hydrogen) atoms. The molecule has 8 nitrogen and oxygen atoms in total. The molecule has 0 aliphatic rings. The van der Waals surface area contributed by atoms with Crippen LogP contribution in [0.25, 0.3) is 17.1 Å². The van der Waals surface area contributed by atoms with Gasteiger partial charge in [-0.05, 0) is 42.0 Å². The minimum Gasteiger partial charge on any atom is -0.497 e. The summed E-state index contributed by atoms with van der Waals surface area (Å²) in [4.78, 5) is 4.55. The zero-order valence-corrected chi connectivity index (χ0v) is 20.1. The highest BCUT2D eigenvalue weighted by molar-refractivity contribution is 7.98. The van der Waals surface area contributed by atoms with Gasteiger partial charge in [-0.3, -0.25) is 4.57 Å². The maximum Gasteiger partial charge on any atom is 0.237 e. The Hall–Kier alpha value is -4.11. The van der Waals surface area contributed by atoms with Crippen LogP contribution < -0.4 is 9.47 Å². The maximum atomic E-state index is 5.58. The summed E-state index contributed by atoms with van der Waals surface area (Å²) in [6.07, 6.45) is 0.620. The molecule has 0 unspecified atom stereocenters. The Morgan fingerprint density at radius 3 is 2.40 bits per heavy atom. The van der Waals surface area contributed by atoms with E-state index in [1.54, 1.807) is 14.2 Å². The number of para-hydroxylation sites is 1. The molecule has 0 radical (unpaired) electrons. The highest BCUT2D eigenvalue weighted by Gasteiger charge is 2.20. The van der Waals surface area contributed by atoms with Gasteiger partial charge in [-0.25, -0.2) is 0 Å². The van der Waals surface area contributed by atoms with E-state index >= 15 is 0 Å². The molecule has 0 aliphatic heterocycles. The number of methoxy groups -OCH3 is 2. The standard InChI is InChI=1S/C26H23N5O3S/c1-32-20-14-12-19(13-15-20)31-25(21-10-6-7-11-22(21)33-2)28-29-26(31)35-17-24-27-23(30-34-24)16-18-8-4-3-5-9-18/h3-15H,16-17H2,1-2H3. The van der Waals surface area contributed by atoms with Crippen molar-refractivity contribution in [2.45, 2.75) is 17.3 Å². The van der Waals surface area contributed by atoms with E-state index in [0.717, 1.165) is 22.6 Å². The molecule has 0 spiro atoms. The molecule has 2 aromatic heterocycles. The molecule has 0 bridgehead atoms. The van der Waals surface area contributed by atoms with Crippen LogP contribution in [0.5, 0.6) is 11.5 Å². The largest absolute Gasteiger partial charge is 0.497 e. The number of hydrogen-bond acceptors (Lipinski definition) is 8. The molecule has 2 heterocycles. The molecule has 5 rings (SSSR count). The summed E-state index contributed by atoms with van der Waals surface area (Å²) in [5.74, 6) is 3.80. The Labute approximate surface area is 206 Å². The molecule has 0 saturated carbocycles. The monoisotopic (exact) mass is 485 g/mol. The van der Waals surface area contributed by atoms with Gasteiger partial charge in [0.15, 0.2) is 16.8 Å². The molecular formula is C26H23N5O3S. The first-order chi connectivity index (χ1) is 17.2. The van der Waals surface area contributed by atoms with Crippen LogP contribution in [-0.2, 0) is 12.2 Å².